The normalized spacial score (nSPS) is 38.0. The van der Waals surface area contributed by atoms with Gasteiger partial charge in [0.15, 0.2) is 0 Å². The lowest BCUT2D eigenvalue weighted by Crippen LogP contribution is -2.39. The third-order valence-corrected chi connectivity index (χ3v) is 5.68. The smallest absolute Gasteiger partial charge is 0.00159 e. The van der Waals surface area contributed by atoms with Crippen molar-refractivity contribution in [1.29, 1.82) is 0 Å². The summed E-state index contributed by atoms with van der Waals surface area (Å²) in [4.78, 5) is 5.44. The maximum Gasteiger partial charge on any atom is 0.00159 e. The van der Waals surface area contributed by atoms with Crippen LogP contribution in [-0.2, 0) is 0 Å². The van der Waals surface area contributed by atoms with Crippen molar-refractivity contribution >= 4 is 0 Å². The van der Waals surface area contributed by atoms with Gasteiger partial charge in [-0.3, -0.25) is 0 Å². The van der Waals surface area contributed by atoms with Gasteiger partial charge in [0, 0.05) is 19.6 Å². The van der Waals surface area contributed by atoms with E-state index in [-0.39, 0.29) is 0 Å². The molecule has 0 aromatic carbocycles. The van der Waals surface area contributed by atoms with E-state index >= 15 is 0 Å². The molecule has 1 unspecified atom stereocenters. The molecule has 104 valence electrons. The van der Waals surface area contributed by atoms with Crippen molar-refractivity contribution in [3.8, 4) is 0 Å². The van der Waals surface area contributed by atoms with E-state index in [0.29, 0.717) is 0 Å². The van der Waals surface area contributed by atoms with Crippen molar-refractivity contribution in [3.05, 3.63) is 0 Å². The fourth-order valence-electron chi connectivity index (χ4n) is 4.57. The van der Waals surface area contributed by atoms with E-state index in [1.54, 1.807) is 0 Å². The minimum Gasteiger partial charge on any atom is -0.303 e. The Morgan fingerprint density at radius 2 is 1.61 bits per heavy atom. The Kier molecular flexibility index (Phi) is 3.95. The molecule has 2 aliphatic heterocycles. The molecule has 0 bridgehead atoms. The van der Waals surface area contributed by atoms with Gasteiger partial charge in [0.05, 0.1) is 0 Å². The van der Waals surface area contributed by atoms with Gasteiger partial charge in [0.2, 0.25) is 0 Å². The van der Waals surface area contributed by atoms with Crippen LogP contribution < -0.4 is 0 Å². The van der Waals surface area contributed by atoms with E-state index in [1.165, 1.54) is 65.0 Å². The van der Waals surface area contributed by atoms with Crippen molar-refractivity contribution < 1.29 is 0 Å². The molecule has 0 aromatic rings. The zero-order valence-corrected chi connectivity index (χ0v) is 12.3. The van der Waals surface area contributed by atoms with Gasteiger partial charge in [0.25, 0.3) is 0 Å². The van der Waals surface area contributed by atoms with E-state index < -0.39 is 0 Å². The molecule has 3 atom stereocenters. The second kappa shape index (κ2) is 5.50. The van der Waals surface area contributed by atoms with Crippen LogP contribution in [-0.4, -0.2) is 49.1 Å². The van der Waals surface area contributed by atoms with Gasteiger partial charge in [-0.15, -0.1) is 0 Å². The highest BCUT2D eigenvalue weighted by Crippen LogP contribution is 2.53. The highest BCUT2D eigenvalue weighted by molar-refractivity contribution is 5.04. The third kappa shape index (κ3) is 2.60. The van der Waals surface area contributed by atoms with Gasteiger partial charge in [0.1, 0.15) is 0 Å². The Hall–Kier alpha value is -0.0800. The summed E-state index contributed by atoms with van der Waals surface area (Å²) < 4.78 is 0. The van der Waals surface area contributed by atoms with E-state index in [4.69, 9.17) is 0 Å². The molecule has 0 spiro atoms. The average molecular weight is 250 g/mol. The van der Waals surface area contributed by atoms with E-state index in [2.05, 4.69) is 23.6 Å². The minimum absolute atomic E-state index is 0.996. The highest BCUT2D eigenvalue weighted by atomic mass is 15.2. The second-order valence-electron chi connectivity index (χ2n) is 6.90. The molecule has 3 rings (SSSR count). The predicted octanol–water partition coefficient (Wildman–Crippen LogP) is 2.70. The Morgan fingerprint density at radius 1 is 0.944 bits per heavy atom. The largest absolute Gasteiger partial charge is 0.303 e. The molecule has 0 aromatic heterocycles. The van der Waals surface area contributed by atoms with Crippen molar-refractivity contribution in [2.45, 2.75) is 39.5 Å². The van der Waals surface area contributed by atoms with Gasteiger partial charge in [-0.1, -0.05) is 20.3 Å². The Labute approximate surface area is 113 Å². The number of rotatable bonds is 5. The second-order valence-corrected chi connectivity index (χ2v) is 6.90. The molecule has 3 fully saturated rings. The molecule has 2 heteroatoms. The first-order valence-corrected chi connectivity index (χ1v) is 8.26. The SMILES string of the molecule is CCCN1CCC(CN2C[C@@H]3C(CC)[C@@H]3C2)CC1. The average Bonchev–Trinajstić information content (AvgIpc) is 2.86. The summed E-state index contributed by atoms with van der Waals surface area (Å²) in [5.74, 6) is 4.29. The molecule has 2 saturated heterocycles. The van der Waals surface area contributed by atoms with Gasteiger partial charge < -0.3 is 9.80 Å². The van der Waals surface area contributed by atoms with Gasteiger partial charge in [-0.2, -0.15) is 0 Å². The molecule has 1 saturated carbocycles. The van der Waals surface area contributed by atoms with Gasteiger partial charge >= 0.3 is 0 Å². The molecule has 0 N–H and O–H groups in total. The van der Waals surface area contributed by atoms with Crippen molar-refractivity contribution in [3.63, 3.8) is 0 Å². The van der Waals surface area contributed by atoms with E-state index in [9.17, 15) is 0 Å². The molecule has 0 radical (unpaired) electrons. The Morgan fingerprint density at radius 3 is 2.17 bits per heavy atom. The molecule has 18 heavy (non-hydrogen) atoms. The first-order valence-electron chi connectivity index (χ1n) is 8.26. The molecule has 1 aliphatic carbocycles. The van der Waals surface area contributed by atoms with E-state index in [0.717, 1.165) is 23.7 Å². The number of piperidine rings is 2. The standard InChI is InChI=1S/C16H30N2/c1-3-7-17-8-5-13(6-9-17)10-18-11-15-14(4-2)16(15)12-18/h13-16H,3-12H2,1-2H3/t14?,15-,16+. The first kappa shape index (κ1) is 12.9. The monoisotopic (exact) mass is 250 g/mol. The summed E-state index contributed by atoms with van der Waals surface area (Å²) >= 11 is 0. The summed E-state index contributed by atoms with van der Waals surface area (Å²) in [6.07, 6.45) is 5.64. The van der Waals surface area contributed by atoms with Crippen LogP contribution in [0.2, 0.25) is 0 Å². The number of nitrogens with zero attached hydrogens (tertiary/aromatic N) is 2. The van der Waals surface area contributed by atoms with Gasteiger partial charge in [-0.25, -0.2) is 0 Å². The fraction of sp³-hybridized carbons (Fsp3) is 1.00. The lowest BCUT2D eigenvalue weighted by Gasteiger charge is -2.34. The summed E-state index contributed by atoms with van der Waals surface area (Å²) in [6.45, 7) is 13.0. The summed E-state index contributed by atoms with van der Waals surface area (Å²) in [6, 6.07) is 0. The van der Waals surface area contributed by atoms with Crippen molar-refractivity contribution in [2.75, 3.05) is 39.3 Å². The number of likely N-dealkylation sites (tertiary alicyclic amines) is 2. The molecule has 0 amide bonds. The summed E-state index contributed by atoms with van der Waals surface area (Å²) in [5, 5.41) is 0. The van der Waals surface area contributed by atoms with Crippen LogP contribution in [0.15, 0.2) is 0 Å². The van der Waals surface area contributed by atoms with Crippen molar-refractivity contribution in [1.82, 2.24) is 9.80 Å². The first-order chi connectivity index (χ1) is 8.81. The third-order valence-electron chi connectivity index (χ3n) is 5.68. The number of hydrogen-bond donors (Lipinski definition) is 0. The Balaban J connectivity index is 1.36. The number of fused-ring (bicyclic) bond motifs is 1. The Bertz CT molecular complexity index is 258. The molecular formula is C16H30N2. The predicted molar refractivity (Wildman–Crippen MR) is 76.7 cm³/mol. The molecule has 2 heterocycles. The quantitative estimate of drug-likeness (QED) is 0.740. The van der Waals surface area contributed by atoms with Crippen LogP contribution in [0.5, 0.6) is 0 Å². The van der Waals surface area contributed by atoms with Crippen LogP contribution in [0.1, 0.15) is 39.5 Å². The zero-order chi connectivity index (χ0) is 12.5. The summed E-state index contributed by atoms with van der Waals surface area (Å²) in [5.41, 5.74) is 0. The lowest BCUT2D eigenvalue weighted by molar-refractivity contribution is 0.146. The van der Waals surface area contributed by atoms with Crippen LogP contribution in [0.25, 0.3) is 0 Å². The van der Waals surface area contributed by atoms with Gasteiger partial charge in [-0.05, 0) is 62.6 Å². The van der Waals surface area contributed by atoms with Crippen molar-refractivity contribution in [2.24, 2.45) is 23.7 Å². The minimum atomic E-state index is 0.996. The van der Waals surface area contributed by atoms with E-state index in [1.807, 2.05) is 0 Å². The maximum absolute atomic E-state index is 2.78. The number of hydrogen-bond acceptors (Lipinski definition) is 2. The molecule has 2 nitrogen and oxygen atoms in total. The zero-order valence-electron chi connectivity index (χ0n) is 12.3. The summed E-state index contributed by atoms with van der Waals surface area (Å²) in [7, 11) is 0. The molecular weight excluding hydrogens is 220 g/mol. The lowest BCUT2D eigenvalue weighted by atomic mass is 9.96. The van der Waals surface area contributed by atoms with Crippen LogP contribution in [0, 0.1) is 23.7 Å². The van der Waals surface area contributed by atoms with Crippen LogP contribution in [0.4, 0.5) is 0 Å². The highest BCUT2D eigenvalue weighted by Gasteiger charge is 2.54. The topological polar surface area (TPSA) is 6.48 Å². The van der Waals surface area contributed by atoms with Crippen LogP contribution >= 0.6 is 0 Å². The molecule has 3 aliphatic rings. The van der Waals surface area contributed by atoms with Crippen LogP contribution in [0.3, 0.4) is 0 Å². The maximum atomic E-state index is 2.78. The fourth-order valence-corrected chi connectivity index (χ4v) is 4.57.